The molecule has 0 aliphatic rings. The summed E-state index contributed by atoms with van der Waals surface area (Å²) >= 11 is 0. The van der Waals surface area contributed by atoms with Crippen LogP contribution in [0.5, 0.6) is 0 Å². The zero-order valence-corrected chi connectivity index (χ0v) is 10.6. The highest BCUT2D eigenvalue weighted by Gasteiger charge is 2.11. The first-order chi connectivity index (χ1) is 8.55. The van der Waals surface area contributed by atoms with Crippen LogP contribution in [0.2, 0.25) is 0 Å². The molecule has 0 saturated heterocycles. The van der Waals surface area contributed by atoms with Crippen molar-refractivity contribution in [3.8, 4) is 0 Å². The normalized spacial score (nSPS) is 12.1. The molecule has 0 aliphatic carbocycles. The minimum absolute atomic E-state index is 0.0769. The highest BCUT2D eigenvalue weighted by atomic mass is 35.7. The van der Waals surface area contributed by atoms with Gasteiger partial charge in [0.05, 0.1) is 10.4 Å². The summed E-state index contributed by atoms with van der Waals surface area (Å²) in [6.45, 7) is 0. The Bertz CT molecular complexity index is 862. The minimum Gasteiger partial charge on any atom is -0.244 e. The molecule has 1 aromatic heterocycles. The molecule has 0 radical (unpaired) electrons. The number of benzene rings is 2. The van der Waals surface area contributed by atoms with E-state index in [9.17, 15) is 8.42 Å². The first-order valence-electron chi connectivity index (χ1n) is 5.13. The maximum atomic E-state index is 11.3. The quantitative estimate of drug-likeness (QED) is 0.507. The molecule has 0 bridgehead atoms. The largest absolute Gasteiger partial charge is 0.261 e. The molecule has 0 fully saturated rings. The van der Waals surface area contributed by atoms with E-state index in [1.54, 1.807) is 18.3 Å². The van der Waals surface area contributed by atoms with Crippen LogP contribution in [0.3, 0.4) is 0 Å². The number of aromatic nitrogens is 2. The zero-order valence-electron chi connectivity index (χ0n) is 9.04. The van der Waals surface area contributed by atoms with Crippen molar-refractivity contribution in [2.24, 2.45) is 0 Å². The summed E-state index contributed by atoms with van der Waals surface area (Å²) in [5.41, 5.74) is 0.765. The van der Waals surface area contributed by atoms with Gasteiger partial charge in [-0.25, -0.2) is 18.4 Å². The van der Waals surface area contributed by atoms with Crippen LogP contribution in [0.15, 0.2) is 47.8 Å². The maximum Gasteiger partial charge on any atom is 0.261 e. The van der Waals surface area contributed by atoms with Crippen molar-refractivity contribution in [2.45, 2.75) is 4.90 Å². The van der Waals surface area contributed by atoms with Crippen LogP contribution in [0.25, 0.3) is 21.7 Å². The predicted octanol–water partition coefficient (Wildman–Crippen LogP) is 2.71. The van der Waals surface area contributed by atoms with Gasteiger partial charge in [-0.2, -0.15) is 0 Å². The second-order valence-corrected chi connectivity index (χ2v) is 6.41. The third-order valence-electron chi connectivity index (χ3n) is 2.76. The maximum absolute atomic E-state index is 11.3. The second kappa shape index (κ2) is 3.90. The molecular weight excluding hydrogens is 272 g/mol. The van der Waals surface area contributed by atoms with Gasteiger partial charge in [0, 0.05) is 22.3 Å². The van der Waals surface area contributed by atoms with Gasteiger partial charge in [-0.05, 0) is 29.0 Å². The van der Waals surface area contributed by atoms with E-state index >= 15 is 0 Å². The molecule has 18 heavy (non-hydrogen) atoms. The smallest absolute Gasteiger partial charge is 0.244 e. The fraction of sp³-hybridized carbons (Fsp3) is 0. The topological polar surface area (TPSA) is 59.9 Å². The van der Waals surface area contributed by atoms with Gasteiger partial charge in [-0.1, -0.05) is 12.1 Å². The molecule has 0 amide bonds. The van der Waals surface area contributed by atoms with Gasteiger partial charge in [0.15, 0.2) is 0 Å². The number of hydrogen-bond acceptors (Lipinski definition) is 4. The van der Waals surface area contributed by atoms with Gasteiger partial charge in [0.1, 0.15) is 6.33 Å². The number of nitrogens with zero attached hydrogens (tertiary/aromatic N) is 2. The number of hydrogen-bond donors (Lipinski definition) is 0. The van der Waals surface area contributed by atoms with E-state index in [2.05, 4.69) is 9.97 Å². The molecule has 0 saturated carbocycles. The third kappa shape index (κ3) is 1.81. The first-order valence-corrected chi connectivity index (χ1v) is 7.44. The highest BCUT2D eigenvalue weighted by Crippen LogP contribution is 2.27. The van der Waals surface area contributed by atoms with E-state index < -0.39 is 9.05 Å². The lowest BCUT2D eigenvalue weighted by Crippen LogP contribution is -1.91. The minimum atomic E-state index is -3.73. The first kappa shape index (κ1) is 11.4. The highest BCUT2D eigenvalue weighted by molar-refractivity contribution is 8.13. The molecule has 3 aromatic rings. The van der Waals surface area contributed by atoms with Crippen LogP contribution in [0.1, 0.15) is 0 Å². The van der Waals surface area contributed by atoms with Crippen molar-refractivity contribution in [3.63, 3.8) is 0 Å². The van der Waals surface area contributed by atoms with E-state index in [4.69, 9.17) is 10.7 Å². The van der Waals surface area contributed by atoms with Crippen LogP contribution in [-0.4, -0.2) is 18.4 Å². The Kier molecular flexibility index (Phi) is 2.46. The second-order valence-electron chi connectivity index (χ2n) is 3.84. The number of rotatable bonds is 1. The molecule has 4 nitrogen and oxygen atoms in total. The molecule has 0 aliphatic heterocycles. The molecule has 2 aromatic carbocycles. The van der Waals surface area contributed by atoms with Crippen LogP contribution < -0.4 is 0 Å². The fourth-order valence-electron chi connectivity index (χ4n) is 1.91. The Balaban J connectivity index is 2.48. The van der Waals surface area contributed by atoms with Gasteiger partial charge < -0.3 is 0 Å². The summed E-state index contributed by atoms with van der Waals surface area (Å²) in [5, 5.41) is 2.49. The molecular formula is C12H7ClN2O2S. The van der Waals surface area contributed by atoms with Gasteiger partial charge in [0.25, 0.3) is 9.05 Å². The summed E-state index contributed by atoms with van der Waals surface area (Å²) in [7, 11) is 1.62. The van der Waals surface area contributed by atoms with Crippen LogP contribution in [0.4, 0.5) is 0 Å². The average molecular weight is 279 g/mol. The summed E-state index contributed by atoms with van der Waals surface area (Å²) < 4.78 is 22.7. The van der Waals surface area contributed by atoms with Crippen LogP contribution >= 0.6 is 10.7 Å². The molecule has 1 heterocycles. The summed E-state index contributed by atoms with van der Waals surface area (Å²) in [6.07, 6.45) is 3.12. The van der Waals surface area contributed by atoms with E-state index in [1.807, 2.05) is 12.1 Å². The molecule has 0 spiro atoms. The van der Waals surface area contributed by atoms with Gasteiger partial charge in [0.2, 0.25) is 0 Å². The molecule has 6 heteroatoms. The Morgan fingerprint density at radius 3 is 2.61 bits per heavy atom. The summed E-state index contributed by atoms with van der Waals surface area (Å²) in [5.74, 6) is 0. The summed E-state index contributed by atoms with van der Waals surface area (Å²) in [4.78, 5) is 8.17. The van der Waals surface area contributed by atoms with Crippen LogP contribution in [0, 0.1) is 0 Å². The van der Waals surface area contributed by atoms with Crippen molar-refractivity contribution in [1.29, 1.82) is 0 Å². The molecule has 0 unspecified atom stereocenters. The monoisotopic (exact) mass is 278 g/mol. The Labute approximate surface area is 108 Å². The SMILES string of the molecule is O=S(=O)(Cl)c1ccc2ccc3ncncc3c2c1. The standard InChI is InChI=1S/C12H7ClN2O2S/c13-18(16,17)9-3-1-8-2-4-12-11(10(8)5-9)6-14-7-15-12/h1-7H. The van der Waals surface area contributed by atoms with Crippen molar-refractivity contribution in [1.82, 2.24) is 9.97 Å². The Morgan fingerprint density at radius 2 is 1.83 bits per heavy atom. The lowest BCUT2D eigenvalue weighted by Gasteiger charge is -2.04. The number of halogens is 1. The molecule has 0 N–H and O–H groups in total. The van der Waals surface area contributed by atoms with Crippen molar-refractivity contribution in [2.75, 3.05) is 0 Å². The number of fused-ring (bicyclic) bond motifs is 3. The van der Waals surface area contributed by atoms with E-state index in [0.717, 1.165) is 21.7 Å². The van der Waals surface area contributed by atoms with Gasteiger partial charge >= 0.3 is 0 Å². The van der Waals surface area contributed by atoms with Crippen molar-refractivity contribution >= 4 is 41.4 Å². The van der Waals surface area contributed by atoms with Crippen LogP contribution in [-0.2, 0) is 9.05 Å². The van der Waals surface area contributed by atoms with Gasteiger partial charge in [-0.15, -0.1) is 0 Å². The summed E-state index contributed by atoms with van der Waals surface area (Å²) in [6, 6.07) is 8.50. The van der Waals surface area contributed by atoms with E-state index in [1.165, 1.54) is 12.4 Å². The van der Waals surface area contributed by atoms with Crippen molar-refractivity contribution < 1.29 is 8.42 Å². The lowest BCUT2D eigenvalue weighted by atomic mass is 10.1. The Morgan fingerprint density at radius 1 is 1.06 bits per heavy atom. The van der Waals surface area contributed by atoms with E-state index in [0.29, 0.717) is 0 Å². The third-order valence-corrected chi connectivity index (χ3v) is 4.11. The average Bonchev–Trinajstić information content (AvgIpc) is 2.37. The molecule has 90 valence electrons. The van der Waals surface area contributed by atoms with Crippen molar-refractivity contribution in [3.05, 3.63) is 42.9 Å². The van der Waals surface area contributed by atoms with E-state index in [-0.39, 0.29) is 4.90 Å². The molecule has 3 rings (SSSR count). The zero-order chi connectivity index (χ0) is 12.8. The lowest BCUT2D eigenvalue weighted by molar-refractivity contribution is 0.609. The van der Waals surface area contributed by atoms with Gasteiger partial charge in [-0.3, -0.25) is 0 Å². The predicted molar refractivity (Wildman–Crippen MR) is 70.1 cm³/mol. The molecule has 0 atom stereocenters. The Hall–Kier alpha value is -1.72. The fourth-order valence-corrected chi connectivity index (χ4v) is 2.69.